The second-order valence-corrected chi connectivity index (χ2v) is 31.0. The number of carbonyl (C=O) groups excluding carboxylic acids is 7. The number of ether oxygens (including phenoxy) is 1. The Morgan fingerprint density at radius 3 is 2.14 bits per heavy atom. The first-order valence-corrected chi connectivity index (χ1v) is 35.7. The molecule has 510 valence electrons. The Labute approximate surface area is 561 Å². The number of hydrogen-bond acceptors (Lipinski definition) is 13. The van der Waals surface area contributed by atoms with Crippen molar-refractivity contribution in [3.05, 3.63) is 141 Å². The van der Waals surface area contributed by atoms with Gasteiger partial charge >= 0.3 is 13.3 Å². The van der Waals surface area contributed by atoms with E-state index in [1.165, 1.54) is 21.9 Å². The number of β-amino-alcohol motifs (C(OH)–C–C–N with tert-alkyl or cyclic N) is 1. The number of nitrogens with zero attached hydrogens (tertiary/aromatic N) is 4. The molecule has 7 N–H and O–H groups in total. The van der Waals surface area contributed by atoms with Gasteiger partial charge < -0.3 is 55.6 Å². The largest absolute Gasteiger partial charge is 0.484 e. The zero-order chi connectivity index (χ0) is 68.7. The molecule has 5 heterocycles. The molecule has 0 aliphatic carbocycles. The van der Waals surface area contributed by atoms with Crippen molar-refractivity contribution in [2.24, 2.45) is 10.8 Å². The third-order valence-corrected chi connectivity index (χ3v) is 21.1. The average molecular weight is 1370 g/mol. The zero-order valence-corrected chi connectivity index (χ0v) is 57.5. The van der Waals surface area contributed by atoms with Gasteiger partial charge in [0.25, 0.3) is 11.8 Å². The number of benzene rings is 4. The SMILES string of the molecule is Cc1ncsc1-c1ccc([C@H](C)NC(=O)[C@@H]2C[C@@H](O)CN2C(=O)C(NC(=O)CCCCCCCNC(=O)COc2ccc3c(c2)CN(C(=O)C(NC(=O)c2cc4cc(C(F)(F)P(=O)(O)O)ccc4s2)C(C)(C)C)C(C(=O)N2CCCC(c4ccccc4)C2)C3)C(C)(C)C)cc1. The summed E-state index contributed by atoms with van der Waals surface area (Å²) in [6.45, 7) is 15.6. The van der Waals surface area contributed by atoms with Crippen LogP contribution >= 0.6 is 30.3 Å². The number of aromatic nitrogens is 1. The highest BCUT2D eigenvalue weighted by molar-refractivity contribution is 7.52. The lowest BCUT2D eigenvalue weighted by Crippen LogP contribution is -2.61. The molecule has 7 atom stereocenters. The monoisotopic (exact) mass is 1360 g/mol. The first kappa shape index (κ1) is 71.8. The Kier molecular flexibility index (Phi) is 22.9. The van der Waals surface area contributed by atoms with E-state index in [1.54, 1.807) is 49.8 Å². The Bertz CT molecular complexity index is 3810. The summed E-state index contributed by atoms with van der Waals surface area (Å²) in [5, 5.41) is 22.6. The Hall–Kier alpha value is -7.47. The van der Waals surface area contributed by atoms with Crippen LogP contribution in [0, 0.1) is 17.8 Å². The number of aliphatic hydroxyl groups excluding tert-OH is 1. The number of fused-ring (bicyclic) bond motifs is 2. The smallest absolute Gasteiger partial charge is 0.399 e. The molecular formula is C70H87F2N8O12PS2. The topological polar surface area (TPSA) is 277 Å². The highest BCUT2D eigenvalue weighted by atomic mass is 32.1. The number of thiazole rings is 1. The summed E-state index contributed by atoms with van der Waals surface area (Å²) in [6, 6.07) is 23.2. The van der Waals surface area contributed by atoms with E-state index < -0.39 is 77.6 Å². The van der Waals surface area contributed by atoms with Gasteiger partial charge in [-0.2, -0.15) is 8.78 Å². The Balaban J connectivity index is 0.756. The van der Waals surface area contributed by atoms with Crippen molar-refractivity contribution in [1.82, 2.24) is 41.0 Å². The fraction of sp³-hybridized carbons (Fsp3) is 0.486. The molecule has 20 nitrogen and oxygen atoms in total. The second-order valence-electron chi connectivity index (χ2n) is 27.4. The minimum Gasteiger partial charge on any atom is -0.484 e. The van der Waals surface area contributed by atoms with Gasteiger partial charge in [-0.15, -0.1) is 22.7 Å². The quantitative estimate of drug-likeness (QED) is 0.0220. The van der Waals surface area contributed by atoms with Crippen LogP contribution in [-0.2, 0) is 52.0 Å². The van der Waals surface area contributed by atoms with Crippen LogP contribution in [0.3, 0.4) is 0 Å². The van der Waals surface area contributed by atoms with Gasteiger partial charge in [-0.1, -0.05) is 128 Å². The summed E-state index contributed by atoms with van der Waals surface area (Å²) in [4.78, 5) is 128. The summed E-state index contributed by atoms with van der Waals surface area (Å²) < 4.78 is 47.5. The molecule has 2 aromatic heterocycles. The van der Waals surface area contributed by atoms with Crippen LogP contribution in [-0.4, -0.2) is 139 Å². The van der Waals surface area contributed by atoms with E-state index in [0.29, 0.717) is 48.5 Å². The summed E-state index contributed by atoms with van der Waals surface area (Å²) in [7, 11) is -5.87. The molecule has 4 aromatic carbocycles. The molecule has 9 rings (SSSR count). The predicted molar refractivity (Wildman–Crippen MR) is 361 cm³/mol. The van der Waals surface area contributed by atoms with Crippen LogP contribution in [0.4, 0.5) is 8.78 Å². The fourth-order valence-electron chi connectivity index (χ4n) is 12.6. The number of thiophene rings is 1. The number of likely N-dealkylation sites (tertiary alicyclic amines) is 2. The lowest BCUT2D eigenvalue weighted by Gasteiger charge is -2.43. The van der Waals surface area contributed by atoms with E-state index in [0.717, 1.165) is 88.4 Å². The standard InChI is InChI=1S/C70H87F2N8O12PS2/c1-42(44-22-24-46(25-23-44)60-43(2)74-41-94-60)75-63(84)54-36-52(81)39-80(54)66(87)61(68(3,4)5)76-58(82)21-15-10-9-11-16-30-73-59(83)40-92-53-28-26-47-34-55(65(86)78-31-17-20-48(37-78)45-18-13-12-14-19-45)79(38-50(47)33-53)67(88)62(69(6,7)8)77-64(85)57-35-49-32-51(27-29-56(49)95-57)70(71,72)93(89,90)91/h12-14,18-19,22-29,32-33,35,41-42,48,52,54-55,61-62,81H,9-11,15-17,20-21,30-31,34,36-40H2,1-8H3,(H,73,83)(H,75,84)(H,76,82)(H,77,85)(H2,89,90,91)/t42-,48?,52+,54-,55?,61?,62?/m0/s1. The van der Waals surface area contributed by atoms with Gasteiger partial charge in [0.15, 0.2) is 6.61 Å². The number of aliphatic hydroxyl groups is 1. The number of unbranched alkanes of at least 4 members (excludes halogenated alkanes) is 4. The highest BCUT2D eigenvalue weighted by Gasteiger charge is 2.51. The molecule has 3 aliphatic rings. The van der Waals surface area contributed by atoms with Crippen molar-refractivity contribution >= 4 is 81.7 Å². The van der Waals surface area contributed by atoms with Crippen molar-refractivity contribution in [3.63, 3.8) is 0 Å². The lowest BCUT2D eigenvalue weighted by atomic mass is 9.83. The highest BCUT2D eigenvalue weighted by Crippen LogP contribution is 2.59. The van der Waals surface area contributed by atoms with E-state index in [9.17, 15) is 57.0 Å². The van der Waals surface area contributed by atoms with Gasteiger partial charge in [0.1, 0.15) is 29.9 Å². The van der Waals surface area contributed by atoms with Crippen molar-refractivity contribution in [2.75, 3.05) is 32.8 Å². The number of halogens is 2. The van der Waals surface area contributed by atoms with Crippen molar-refractivity contribution in [1.29, 1.82) is 0 Å². The van der Waals surface area contributed by atoms with E-state index in [-0.39, 0.29) is 84.8 Å². The minimum atomic E-state index is -5.87. The Morgan fingerprint density at radius 2 is 1.45 bits per heavy atom. The number of rotatable bonds is 24. The van der Waals surface area contributed by atoms with Gasteiger partial charge in [0, 0.05) is 68.2 Å². The average Bonchev–Trinajstić information content (AvgIpc) is 1.47. The van der Waals surface area contributed by atoms with Gasteiger partial charge in [0.2, 0.25) is 29.5 Å². The summed E-state index contributed by atoms with van der Waals surface area (Å²) >= 11 is 2.52. The summed E-state index contributed by atoms with van der Waals surface area (Å²) in [5.74, 6) is -2.47. The third kappa shape index (κ3) is 17.6. The maximum atomic E-state index is 15.2. The van der Waals surface area contributed by atoms with Crippen LogP contribution in [0.1, 0.15) is 161 Å². The van der Waals surface area contributed by atoms with E-state index >= 15 is 4.79 Å². The van der Waals surface area contributed by atoms with Gasteiger partial charge in [0.05, 0.1) is 33.1 Å². The molecule has 6 aromatic rings. The van der Waals surface area contributed by atoms with Crippen molar-refractivity contribution in [3.8, 4) is 16.2 Å². The van der Waals surface area contributed by atoms with Crippen molar-refractivity contribution in [2.45, 2.75) is 174 Å². The number of nitrogens with one attached hydrogen (secondary N) is 4. The first-order chi connectivity index (χ1) is 44.9. The number of amides is 7. The molecule has 0 bridgehead atoms. The van der Waals surface area contributed by atoms with E-state index in [2.05, 4.69) is 26.3 Å². The molecule has 2 fully saturated rings. The molecule has 7 amide bonds. The summed E-state index contributed by atoms with van der Waals surface area (Å²) in [5.41, 5.74) is 0.239. The summed E-state index contributed by atoms with van der Waals surface area (Å²) in [6.07, 6.45) is 4.68. The minimum absolute atomic E-state index is 0.0347. The van der Waals surface area contributed by atoms with Gasteiger partial charge in [-0.05, 0) is 114 Å². The lowest BCUT2D eigenvalue weighted by molar-refractivity contribution is -0.150. The van der Waals surface area contributed by atoms with Crippen LogP contribution in [0.2, 0.25) is 0 Å². The molecule has 4 unspecified atom stereocenters. The number of aryl methyl sites for hydroxylation is 1. The van der Waals surface area contributed by atoms with Crippen LogP contribution in [0.5, 0.6) is 5.75 Å². The molecule has 95 heavy (non-hydrogen) atoms. The number of alkyl halides is 2. The van der Waals surface area contributed by atoms with Crippen LogP contribution in [0.25, 0.3) is 20.5 Å². The van der Waals surface area contributed by atoms with E-state index in [4.69, 9.17) is 4.74 Å². The molecule has 0 spiro atoms. The molecule has 0 radical (unpaired) electrons. The molecule has 2 saturated heterocycles. The first-order valence-electron chi connectivity index (χ1n) is 32.4. The predicted octanol–water partition coefficient (Wildman–Crippen LogP) is 10.3. The van der Waals surface area contributed by atoms with E-state index in [1.807, 2.05) is 100 Å². The normalized spacial score (nSPS) is 18.7. The number of carbonyl (C=O) groups is 7. The van der Waals surface area contributed by atoms with Crippen LogP contribution < -0.4 is 26.0 Å². The number of hydrogen-bond donors (Lipinski definition) is 7. The van der Waals surface area contributed by atoms with Crippen molar-refractivity contribution < 1.29 is 66.5 Å². The maximum Gasteiger partial charge on any atom is 0.399 e. The fourth-order valence-corrected chi connectivity index (χ4v) is 14.9. The maximum absolute atomic E-state index is 15.2. The second kappa shape index (κ2) is 30.3. The zero-order valence-electron chi connectivity index (χ0n) is 55.0. The van der Waals surface area contributed by atoms with Crippen LogP contribution in [0.15, 0.2) is 103 Å². The van der Waals surface area contributed by atoms with Gasteiger partial charge in [-0.25, -0.2) is 4.98 Å². The molecule has 3 aliphatic heterocycles. The number of piperidine rings is 1. The third-order valence-electron chi connectivity index (χ3n) is 18.1. The molecule has 0 saturated carbocycles. The molecule has 25 heteroatoms. The van der Waals surface area contributed by atoms with Gasteiger partial charge in [-0.3, -0.25) is 38.1 Å². The molecular weight excluding hydrogens is 1280 g/mol. The Morgan fingerprint density at radius 1 is 0.768 bits per heavy atom.